The van der Waals surface area contributed by atoms with Crippen molar-refractivity contribution in [2.45, 2.75) is 33.2 Å². The van der Waals surface area contributed by atoms with Crippen LogP contribution in [0.2, 0.25) is 0 Å². The van der Waals surface area contributed by atoms with E-state index in [1.807, 2.05) is 19.9 Å². The van der Waals surface area contributed by atoms with Crippen molar-refractivity contribution in [2.75, 3.05) is 26.8 Å². The first-order chi connectivity index (χ1) is 9.30. The highest BCUT2D eigenvalue weighted by Gasteiger charge is 2.02. The molecule has 1 rings (SSSR count). The summed E-state index contributed by atoms with van der Waals surface area (Å²) in [6.07, 6.45) is 1.83. The van der Waals surface area contributed by atoms with Gasteiger partial charge >= 0.3 is 0 Å². The molecule has 0 spiro atoms. The topological polar surface area (TPSA) is 71.7 Å². The van der Waals surface area contributed by atoms with Crippen LogP contribution in [0.5, 0.6) is 0 Å². The van der Waals surface area contributed by atoms with E-state index in [-0.39, 0.29) is 24.0 Å². The lowest BCUT2D eigenvalue weighted by molar-refractivity contribution is 0.195. The zero-order chi connectivity index (χ0) is 13.9. The van der Waals surface area contributed by atoms with Crippen LogP contribution in [0.4, 0.5) is 0 Å². The second-order valence-corrected chi connectivity index (χ2v) is 4.11. The lowest BCUT2D eigenvalue weighted by Crippen LogP contribution is -2.38. The molecule has 6 nitrogen and oxygen atoms in total. The predicted molar refractivity (Wildman–Crippen MR) is 90.6 cm³/mol. The number of guanidine groups is 1. The Bertz CT molecular complexity index is 382. The zero-order valence-electron chi connectivity index (χ0n) is 12.4. The molecule has 0 atom stereocenters. The third kappa shape index (κ3) is 7.68. The zero-order valence-corrected chi connectivity index (χ0v) is 14.8. The highest BCUT2D eigenvalue weighted by Crippen LogP contribution is 2.05. The molecule has 0 aliphatic rings. The molecule has 0 saturated heterocycles. The van der Waals surface area contributed by atoms with Crippen LogP contribution < -0.4 is 10.6 Å². The highest BCUT2D eigenvalue weighted by molar-refractivity contribution is 14.0. The van der Waals surface area contributed by atoms with Gasteiger partial charge in [0.25, 0.3) is 0 Å². The third-order valence-electron chi connectivity index (χ3n) is 2.52. The average molecular weight is 396 g/mol. The van der Waals surface area contributed by atoms with Crippen molar-refractivity contribution < 1.29 is 9.26 Å². The number of rotatable bonds is 8. The Balaban J connectivity index is 0.00000361. The van der Waals surface area contributed by atoms with Crippen molar-refractivity contribution in [3.8, 4) is 0 Å². The molecule has 0 amide bonds. The molecule has 20 heavy (non-hydrogen) atoms. The summed E-state index contributed by atoms with van der Waals surface area (Å²) in [7, 11) is 1.70. The SMILES string of the molecule is CCNC(=NCc1cc(CC)no1)NCCCOC.I. The molecular formula is C13H25IN4O2. The number of hydrogen-bond acceptors (Lipinski definition) is 4. The fraction of sp³-hybridized carbons (Fsp3) is 0.692. The summed E-state index contributed by atoms with van der Waals surface area (Å²) in [5, 5.41) is 10.4. The molecule has 1 aromatic rings. The number of ether oxygens (including phenoxy) is 1. The Morgan fingerprint density at radius 2 is 2.20 bits per heavy atom. The van der Waals surface area contributed by atoms with Gasteiger partial charge in [0.05, 0.1) is 5.69 Å². The van der Waals surface area contributed by atoms with Crippen LogP contribution in [0.1, 0.15) is 31.7 Å². The van der Waals surface area contributed by atoms with Crippen LogP contribution >= 0.6 is 24.0 Å². The molecule has 0 aliphatic heterocycles. The maximum Gasteiger partial charge on any atom is 0.191 e. The van der Waals surface area contributed by atoms with Gasteiger partial charge in [0, 0.05) is 32.9 Å². The second-order valence-electron chi connectivity index (χ2n) is 4.11. The number of nitrogens with one attached hydrogen (secondary N) is 2. The Morgan fingerprint density at radius 3 is 2.80 bits per heavy atom. The fourth-order valence-electron chi connectivity index (χ4n) is 1.52. The molecule has 116 valence electrons. The van der Waals surface area contributed by atoms with Gasteiger partial charge in [0.15, 0.2) is 11.7 Å². The molecule has 1 aromatic heterocycles. The highest BCUT2D eigenvalue weighted by atomic mass is 127. The van der Waals surface area contributed by atoms with Crippen LogP contribution in [0, 0.1) is 0 Å². The van der Waals surface area contributed by atoms with Crippen LogP contribution in [0.3, 0.4) is 0 Å². The summed E-state index contributed by atoms with van der Waals surface area (Å²) in [5.41, 5.74) is 0.961. The molecule has 0 unspecified atom stereocenters. The van der Waals surface area contributed by atoms with Crippen LogP contribution in [-0.2, 0) is 17.7 Å². The Kier molecular flexibility index (Phi) is 11.5. The third-order valence-corrected chi connectivity index (χ3v) is 2.52. The first-order valence-corrected chi connectivity index (χ1v) is 6.75. The summed E-state index contributed by atoms with van der Waals surface area (Å²) < 4.78 is 10.2. The molecule has 0 radical (unpaired) electrons. The molecule has 1 heterocycles. The molecule has 0 bridgehead atoms. The van der Waals surface area contributed by atoms with Gasteiger partial charge in [-0.1, -0.05) is 12.1 Å². The summed E-state index contributed by atoms with van der Waals surface area (Å²) in [5.74, 6) is 1.57. The van der Waals surface area contributed by atoms with Gasteiger partial charge < -0.3 is 19.9 Å². The Labute approximate surface area is 137 Å². The van der Waals surface area contributed by atoms with Gasteiger partial charge in [-0.2, -0.15) is 0 Å². The summed E-state index contributed by atoms with van der Waals surface area (Å²) in [4.78, 5) is 4.45. The lowest BCUT2D eigenvalue weighted by atomic mass is 10.3. The van der Waals surface area contributed by atoms with E-state index in [9.17, 15) is 0 Å². The number of nitrogens with zero attached hydrogens (tertiary/aromatic N) is 2. The van der Waals surface area contributed by atoms with E-state index in [2.05, 4.69) is 20.8 Å². The number of aryl methyl sites for hydroxylation is 1. The number of aromatic nitrogens is 1. The van der Waals surface area contributed by atoms with E-state index in [1.165, 1.54) is 0 Å². The number of halogens is 1. The van der Waals surface area contributed by atoms with Crippen LogP contribution in [-0.4, -0.2) is 37.9 Å². The average Bonchev–Trinajstić information content (AvgIpc) is 2.88. The predicted octanol–water partition coefficient (Wildman–Crippen LogP) is 1.95. The van der Waals surface area contributed by atoms with Crippen molar-refractivity contribution >= 4 is 29.9 Å². The van der Waals surface area contributed by atoms with Gasteiger partial charge in [-0.05, 0) is 19.8 Å². The second kappa shape index (κ2) is 12.0. The lowest BCUT2D eigenvalue weighted by Gasteiger charge is -2.10. The molecule has 2 N–H and O–H groups in total. The normalized spacial score (nSPS) is 11.1. The van der Waals surface area contributed by atoms with Crippen molar-refractivity contribution in [1.29, 1.82) is 0 Å². The van der Waals surface area contributed by atoms with Gasteiger partial charge in [-0.25, -0.2) is 4.99 Å². The molecular weight excluding hydrogens is 371 g/mol. The maximum absolute atomic E-state index is 5.19. The van der Waals surface area contributed by atoms with Crippen LogP contribution in [0.15, 0.2) is 15.6 Å². The maximum atomic E-state index is 5.19. The van der Waals surface area contributed by atoms with Gasteiger partial charge in [0.1, 0.15) is 6.54 Å². The Morgan fingerprint density at radius 1 is 1.40 bits per heavy atom. The van der Waals surface area contributed by atoms with Crippen molar-refractivity contribution in [3.63, 3.8) is 0 Å². The quantitative estimate of drug-likeness (QED) is 0.304. The van der Waals surface area contributed by atoms with Gasteiger partial charge in [-0.3, -0.25) is 0 Å². The van der Waals surface area contributed by atoms with E-state index < -0.39 is 0 Å². The minimum atomic E-state index is 0. The first-order valence-electron chi connectivity index (χ1n) is 6.75. The first kappa shape index (κ1) is 19.2. The van der Waals surface area contributed by atoms with E-state index in [0.717, 1.165) is 50.0 Å². The minimum Gasteiger partial charge on any atom is -0.385 e. The van der Waals surface area contributed by atoms with Crippen molar-refractivity contribution in [3.05, 3.63) is 17.5 Å². The standard InChI is InChI=1S/C13H24N4O2.HI/c1-4-11-9-12(19-17-11)10-16-13(14-5-2)15-7-6-8-18-3;/h9H,4-8,10H2,1-3H3,(H2,14,15,16);1H. The summed E-state index contributed by atoms with van der Waals surface area (Å²) in [6, 6.07) is 1.94. The fourth-order valence-corrected chi connectivity index (χ4v) is 1.52. The molecule has 0 saturated carbocycles. The van der Waals surface area contributed by atoms with Crippen molar-refractivity contribution in [1.82, 2.24) is 15.8 Å². The summed E-state index contributed by atoms with van der Waals surface area (Å²) >= 11 is 0. The van der Waals surface area contributed by atoms with E-state index >= 15 is 0 Å². The Hall–Kier alpha value is -0.830. The monoisotopic (exact) mass is 396 g/mol. The van der Waals surface area contributed by atoms with Gasteiger partial charge in [0.2, 0.25) is 0 Å². The number of hydrogen-bond donors (Lipinski definition) is 2. The number of aliphatic imine (C=N–C) groups is 1. The van der Waals surface area contributed by atoms with Crippen molar-refractivity contribution in [2.24, 2.45) is 4.99 Å². The molecule has 7 heteroatoms. The molecule has 0 fully saturated rings. The number of methoxy groups -OCH3 is 1. The van der Waals surface area contributed by atoms with Gasteiger partial charge in [-0.15, -0.1) is 24.0 Å². The minimum absolute atomic E-state index is 0. The van der Waals surface area contributed by atoms with Crippen LogP contribution in [0.25, 0.3) is 0 Å². The van der Waals surface area contributed by atoms with E-state index in [0.29, 0.717) is 6.54 Å². The molecule has 0 aliphatic carbocycles. The smallest absolute Gasteiger partial charge is 0.191 e. The molecule has 0 aromatic carbocycles. The summed E-state index contributed by atoms with van der Waals surface area (Å²) in [6.45, 7) is 6.98. The van der Waals surface area contributed by atoms with E-state index in [1.54, 1.807) is 7.11 Å². The van der Waals surface area contributed by atoms with E-state index in [4.69, 9.17) is 9.26 Å². The largest absolute Gasteiger partial charge is 0.385 e.